The number of nitrogens with zero attached hydrogens (tertiary/aromatic N) is 1. The van der Waals surface area contributed by atoms with Crippen LogP contribution in [0.1, 0.15) is 37.6 Å². The molecule has 0 bridgehead atoms. The van der Waals surface area contributed by atoms with Gasteiger partial charge in [0.25, 0.3) is 0 Å². The van der Waals surface area contributed by atoms with E-state index >= 15 is 0 Å². The molecule has 0 aliphatic heterocycles. The number of methoxy groups -OCH3 is 1. The highest BCUT2D eigenvalue weighted by molar-refractivity contribution is 6.39. The summed E-state index contributed by atoms with van der Waals surface area (Å²) in [5, 5.41) is 16.9. The van der Waals surface area contributed by atoms with Gasteiger partial charge in [0.1, 0.15) is 11.5 Å². The van der Waals surface area contributed by atoms with Crippen LogP contribution in [0.15, 0.2) is 53.4 Å². The topological polar surface area (TPSA) is 169 Å². The van der Waals surface area contributed by atoms with E-state index in [0.717, 1.165) is 0 Å². The van der Waals surface area contributed by atoms with Crippen molar-refractivity contribution in [3.63, 3.8) is 0 Å². The lowest BCUT2D eigenvalue weighted by atomic mass is 10.0. The molecule has 3 aromatic rings. The number of ether oxygens (including phenoxy) is 2. The van der Waals surface area contributed by atoms with E-state index in [0.29, 0.717) is 29.2 Å². The molecular weight excluding hydrogens is 496 g/mol. The number of oxazole rings is 1. The number of amides is 3. The van der Waals surface area contributed by atoms with Gasteiger partial charge in [0.15, 0.2) is 12.2 Å². The van der Waals surface area contributed by atoms with Gasteiger partial charge in [-0.05, 0) is 44.2 Å². The molecule has 38 heavy (non-hydrogen) atoms. The number of aromatic nitrogens is 1. The minimum absolute atomic E-state index is 0.00932. The van der Waals surface area contributed by atoms with Crippen LogP contribution in [0, 0.1) is 0 Å². The number of carbonyl (C=O) groups excluding carboxylic acids is 3. The number of hydrogen-bond donors (Lipinski definition) is 4. The van der Waals surface area contributed by atoms with Gasteiger partial charge >= 0.3 is 17.8 Å². The van der Waals surface area contributed by atoms with Gasteiger partial charge in [-0.25, -0.2) is 9.78 Å². The van der Waals surface area contributed by atoms with Crippen LogP contribution in [-0.2, 0) is 14.4 Å². The molecule has 0 spiro atoms. The van der Waals surface area contributed by atoms with Gasteiger partial charge in [-0.2, -0.15) is 0 Å². The van der Waals surface area contributed by atoms with Gasteiger partial charge in [0, 0.05) is 30.6 Å². The van der Waals surface area contributed by atoms with Crippen LogP contribution in [-0.4, -0.2) is 53.0 Å². The summed E-state index contributed by atoms with van der Waals surface area (Å²) in [4.78, 5) is 51.7. The Kier molecular flexibility index (Phi) is 8.69. The van der Waals surface area contributed by atoms with Crippen LogP contribution in [0.4, 0.5) is 11.4 Å². The van der Waals surface area contributed by atoms with E-state index in [-0.39, 0.29) is 29.5 Å². The SMILES string of the molecule is COc1cc(NC(=O)C(=O)NC(C)(C)CCOc2ccc(C(=O)O)cc2NC(C)=O)ccc1-c1cnco1. The van der Waals surface area contributed by atoms with Crippen molar-refractivity contribution < 1.29 is 38.2 Å². The van der Waals surface area contributed by atoms with Crippen molar-refractivity contribution in [3.05, 3.63) is 54.6 Å². The van der Waals surface area contributed by atoms with Crippen LogP contribution in [0.3, 0.4) is 0 Å². The maximum Gasteiger partial charge on any atom is 0.335 e. The van der Waals surface area contributed by atoms with Crippen molar-refractivity contribution in [2.24, 2.45) is 0 Å². The number of nitrogens with one attached hydrogen (secondary N) is 3. The molecule has 3 rings (SSSR count). The lowest BCUT2D eigenvalue weighted by Gasteiger charge is -2.26. The Balaban J connectivity index is 1.58. The smallest absolute Gasteiger partial charge is 0.335 e. The van der Waals surface area contributed by atoms with E-state index in [9.17, 15) is 24.3 Å². The van der Waals surface area contributed by atoms with Crippen LogP contribution in [0.5, 0.6) is 11.5 Å². The van der Waals surface area contributed by atoms with E-state index in [4.69, 9.17) is 13.9 Å². The van der Waals surface area contributed by atoms with Crippen LogP contribution < -0.4 is 25.4 Å². The number of aromatic carboxylic acids is 1. The number of hydrogen-bond acceptors (Lipinski definition) is 8. The van der Waals surface area contributed by atoms with Crippen molar-refractivity contribution in [2.45, 2.75) is 32.7 Å². The van der Waals surface area contributed by atoms with Gasteiger partial charge in [0.2, 0.25) is 5.91 Å². The maximum atomic E-state index is 12.6. The maximum absolute atomic E-state index is 12.6. The van der Waals surface area contributed by atoms with Gasteiger partial charge in [-0.1, -0.05) is 0 Å². The lowest BCUT2D eigenvalue weighted by molar-refractivity contribution is -0.137. The Bertz CT molecular complexity index is 1340. The zero-order valence-corrected chi connectivity index (χ0v) is 21.3. The largest absolute Gasteiger partial charge is 0.496 e. The zero-order valence-electron chi connectivity index (χ0n) is 21.3. The van der Waals surface area contributed by atoms with E-state index in [1.54, 1.807) is 32.0 Å². The van der Waals surface area contributed by atoms with E-state index < -0.39 is 23.3 Å². The molecule has 1 aromatic heterocycles. The summed E-state index contributed by atoms with van der Waals surface area (Å²) in [5.74, 6) is -2.07. The van der Waals surface area contributed by atoms with Crippen LogP contribution in [0.2, 0.25) is 0 Å². The van der Waals surface area contributed by atoms with Crippen molar-refractivity contribution in [3.8, 4) is 22.8 Å². The summed E-state index contributed by atoms with van der Waals surface area (Å²) in [6.07, 6.45) is 3.12. The third-order valence-electron chi connectivity index (χ3n) is 5.34. The molecule has 0 atom stereocenters. The predicted molar refractivity (Wildman–Crippen MR) is 137 cm³/mol. The Morgan fingerprint density at radius 3 is 2.42 bits per heavy atom. The second-order valence-electron chi connectivity index (χ2n) is 8.87. The summed E-state index contributed by atoms with van der Waals surface area (Å²) in [6.45, 7) is 4.84. The monoisotopic (exact) mass is 524 g/mol. The molecule has 0 fully saturated rings. The van der Waals surface area contributed by atoms with Gasteiger partial charge in [0.05, 0.1) is 36.7 Å². The minimum Gasteiger partial charge on any atom is -0.496 e. The van der Waals surface area contributed by atoms with Crippen molar-refractivity contribution >= 4 is 35.1 Å². The summed E-state index contributed by atoms with van der Waals surface area (Å²) in [7, 11) is 1.47. The average molecular weight is 525 g/mol. The minimum atomic E-state index is -1.14. The Hall–Kier alpha value is -4.87. The first-order valence-corrected chi connectivity index (χ1v) is 11.5. The number of anilines is 2. The molecule has 3 amide bonds. The van der Waals surface area contributed by atoms with E-state index in [2.05, 4.69) is 20.9 Å². The predicted octanol–water partition coefficient (Wildman–Crippen LogP) is 3.31. The van der Waals surface area contributed by atoms with Gasteiger partial charge < -0.3 is 34.9 Å². The molecule has 0 saturated heterocycles. The highest BCUT2D eigenvalue weighted by Gasteiger charge is 2.25. The fraction of sp³-hybridized carbons (Fsp3) is 0.269. The van der Waals surface area contributed by atoms with Crippen molar-refractivity contribution in [1.29, 1.82) is 0 Å². The molecule has 200 valence electrons. The molecular formula is C26H28N4O8. The fourth-order valence-electron chi connectivity index (χ4n) is 3.43. The summed E-state index contributed by atoms with van der Waals surface area (Å²) < 4.78 is 16.4. The third kappa shape index (κ3) is 7.32. The summed E-state index contributed by atoms with van der Waals surface area (Å²) in [6, 6.07) is 8.93. The quantitative estimate of drug-likeness (QED) is 0.291. The highest BCUT2D eigenvalue weighted by atomic mass is 16.5. The Morgan fingerprint density at radius 1 is 1.03 bits per heavy atom. The summed E-state index contributed by atoms with van der Waals surface area (Å²) in [5.41, 5.74) is 0.347. The molecule has 0 unspecified atom stereocenters. The molecule has 2 aromatic carbocycles. The molecule has 0 saturated carbocycles. The molecule has 0 aliphatic rings. The first-order valence-electron chi connectivity index (χ1n) is 11.5. The fourth-order valence-corrected chi connectivity index (χ4v) is 3.43. The molecule has 0 radical (unpaired) electrons. The van der Waals surface area contributed by atoms with Crippen molar-refractivity contribution in [1.82, 2.24) is 10.3 Å². The van der Waals surface area contributed by atoms with Gasteiger partial charge in [-0.15, -0.1) is 0 Å². The second kappa shape index (κ2) is 11.9. The first kappa shape index (κ1) is 27.7. The number of benzene rings is 2. The standard InChI is InChI=1S/C26H28N4O8/c1-15(31)28-19-11-16(25(34)35)5-8-20(19)37-10-9-26(2,3)30-24(33)23(32)29-17-6-7-18(21(12-17)36-4)22-13-27-14-38-22/h5-8,11-14H,9-10H2,1-4H3,(H,28,31)(H,29,32)(H,30,33)(H,34,35). The molecule has 0 aliphatic carbocycles. The number of carbonyl (C=O) groups is 4. The normalized spacial score (nSPS) is 10.8. The van der Waals surface area contributed by atoms with Gasteiger partial charge in [-0.3, -0.25) is 14.4 Å². The Morgan fingerprint density at radius 2 is 1.79 bits per heavy atom. The molecule has 12 heteroatoms. The van der Waals surface area contributed by atoms with E-state index in [1.807, 2.05) is 0 Å². The molecule has 4 N–H and O–H groups in total. The number of carboxylic acid groups (broad SMARTS) is 1. The average Bonchev–Trinajstić information content (AvgIpc) is 3.38. The zero-order chi connectivity index (χ0) is 27.9. The first-order chi connectivity index (χ1) is 18.0. The van der Waals surface area contributed by atoms with Crippen LogP contribution in [0.25, 0.3) is 11.3 Å². The van der Waals surface area contributed by atoms with Crippen LogP contribution >= 0.6 is 0 Å². The lowest BCUT2D eigenvalue weighted by Crippen LogP contribution is -2.48. The van der Waals surface area contributed by atoms with Crippen molar-refractivity contribution in [2.75, 3.05) is 24.4 Å². The molecule has 12 nitrogen and oxygen atoms in total. The third-order valence-corrected chi connectivity index (χ3v) is 5.34. The second-order valence-corrected chi connectivity index (χ2v) is 8.87. The summed E-state index contributed by atoms with van der Waals surface area (Å²) >= 11 is 0. The van der Waals surface area contributed by atoms with E-state index in [1.165, 1.54) is 44.8 Å². The molecule has 1 heterocycles. The number of carboxylic acids is 1. The number of rotatable bonds is 10. The Labute approximate surface area is 218 Å². The highest BCUT2D eigenvalue weighted by Crippen LogP contribution is 2.32.